The molecule has 0 unspecified atom stereocenters. The van der Waals surface area contributed by atoms with Crippen LogP contribution in [-0.2, 0) is 19.2 Å². The molecule has 0 heterocycles. The van der Waals surface area contributed by atoms with Crippen molar-refractivity contribution in [2.75, 3.05) is 78.5 Å². The number of carbonyl (C=O) groups is 4. The third kappa shape index (κ3) is 32.6. The number of nitrogens with one attached hydrogen (secondary N) is 6. The fraction of sp³-hybridized carbons (Fsp3) is 0.727. The standard InChI is InChI=1S/C44H82N8O4/c1-9-17-37(5)19-13-29-49-43(55)25-33-52(34-26-44(56)50-30-14-20-38(6)18-10-2)36-35-51(31-23-41(53)21-15-27-47-39(7)45-11-3)32-24-42(54)22-16-28-48-40(8)46-12-4/h45-48H,5-36H2,1-4H3,(H,49,55)(H,50,56). The van der Waals surface area contributed by atoms with Crippen LogP contribution in [0.2, 0.25) is 0 Å². The highest BCUT2D eigenvalue weighted by Crippen LogP contribution is 2.10. The smallest absolute Gasteiger partial charge is 0.221 e. The van der Waals surface area contributed by atoms with E-state index in [1.807, 2.05) is 13.8 Å². The van der Waals surface area contributed by atoms with Crippen molar-refractivity contribution in [2.45, 2.75) is 130 Å². The third-order valence-electron chi connectivity index (χ3n) is 9.44. The summed E-state index contributed by atoms with van der Waals surface area (Å²) in [5.41, 5.74) is 2.44. The van der Waals surface area contributed by atoms with E-state index >= 15 is 0 Å². The summed E-state index contributed by atoms with van der Waals surface area (Å²) >= 11 is 0. The Morgan fingerprint density at radius 1 is 0.393 bits per heavy atom. The molecule has 12 nitrogen and oxygen atoms in total. The lowest BCUT2D eigenvalue weighted by molar-refractivity contribution is -0.122. The Hall–Kier alpha value is -3.64. The summed E-state index contributed by atoms with van der Waals surface area (Å²) in [5, 5.41) is 18.7. The maximum atomic E-state index is 12.9. The maximum absolute atomic E-state index is 12.9. The van der Waals surface area contributed by atoms with Crippen LogP contribution in [-0.4, -0.2) is 112 Å². The molecule has 0 saturated carbocycles. The van der Waals surface area contributed by atoms with E-state index in [-0.39, 0.29) is 23.4 Å². The number of allylic oxidation sites excluding steroid dienone is 2. The predicted molar refractivity (Wildman–Crippen MR) is 234 cm³/mol. The number of amides is 2. The first-order valence-electron chi connectivity index (χ1n) is 21.6. The second kappa shape index (κ2) is 35.8. The molecule has 0 fully saturated rings. The van der Waals surface area contributed by atoms with Crippen LogP contribution in [0.1, 0.15) is 130 Å². The number of ketones is 2. The zero-order chi connectivity index (χ0) is 41.8. The summed E-state index contributed by atoms with van der Waals surface area (Å²) in [4.78, 5) is 55.8. The molecule has 56 heavy (non-hydrogen) atoms. The number of Topliss-reactive ketones (excluding diaryl/α,β-unsaturated/α-hetero) is 2. The van der Waals surface area contributed by atoms with Gasteiger partial charge in [-0.05, 0) is 65.2 Å². The molecule has 0 radical (unpaired) electrons. The summed E-state index contributed by atoms with van der Waals surface area (Å²) in [6, 6.07) is 0. The van der Waals surface area contributed by atoms with E-state index in [4.69, 9.17) is 0 Å². The van der Waals surface area contributed by atoms with Crippen molar-refractivity contribution in [1.29, 1.82) is 0 Å². The molecule has 0 spiro atoms. The molecule has 2 amide bonds. The van der Waals surface area contributed by atoms with Crippen molar-refractivity contribution < 1.29 is 19.2 Å². The largest absolute Gasteiger partial charge is 0.373 e. The molecule has 322 valence electrons. The molecule has 0 atom stereocenters. The van der Waals surface area contributed by atoms with E-state index in [1.165, 1.54) is 11.1 Å². The van der Waals surface area contributed by atoms with Gasteiger partial charge in [0, 0.05) is 117 Å². The highest BCUT2D eigenvalue weighted by molar-refractivity contribution is 5.79. The van der Waals surface area contributed by atoms with Crippen LogP contribution in [0.25, 0.3) is 0 Å². The lowest BCUT2D eigenvalue weighted by Crippen LogP contribution is -2.40. The van der Waals surface area contributed by atoms with Gasteiger partial charge in [0.25, 0.3) is 0 Å². The van der Waals surface area contributed by atoms with Crippen LogP contribution >= 0.6 is 0 Å². The maximum Gasteiger partial charge on any atom is 0.221 e. The predicted octanol–water partition coefficient (Wildman–Crippen LogP) is 5.70. The normalized spacial score (nSPS) is 10.9. The van der Waals surface area contributed by atoms with Crippen LogP contribution in [0.4, 0.5) is 0 Å². The molecule has 6 N–H and O–H groups in total. The zero-order valence-corrected chi connectivity index (χ0v) is 36.2. The van der Waals surface area contributed by atoms with E-state index in [1.54, 1.807) is 0 Å². The average Bonchev–Trinajstić information content (AvgIpc) is 3.16. The van der Waals surface area contributed by atoms with Gasteiger partial charge in [-0.3, -0.25) is 19.2 Å². The van der Waals surface area contributed by atoms with Gasteiger partial charge < -0.3 is 41.7 Å². The van der Waals surface area contributed by atoms with Crippen molar-refractivity contribution >= 4 is 23.4 Å². The summed E-state index contributed by atoms with van der Waals surface area (Å²) in [7, 11) is 0. The van der Waals surface area contributed by atoms with E-state index in [2.05, 4.69) is 81.9 Å². The lowest BCUT2D eigenvalue weighted by atomic mass is 10.1. The molecule has 0 rings (SSSR count). The molecule has 0 aliphatic carbocycles. The van der Waals surface area contributed by atoms with Gasteiger partial charge in [0.2, 0.25) is 11.8 Å². The summed E-state index contributed by atoms with van der Waals surface area (Å²) < 4.78 is 0. The fourth-order valence-electron chi connectivity index (χ4n) is 6.16. The molecule has 0 aromatic rings. The van der Waals surface area contributed by atoms with Gasteiger partial charge in [-0.1, -0.05) is 64.2 Å². The molecule has 0 aliphatic rings. The molecule has 0 aromatic heterocycles. The highest BCUT2D eigenvalue weighted by atomic mass is 16.2. The molecular weight excluding hydrogens is 705 g/mol. The van der Waals surface area contributed by atoms with Gasteiger partial charge >= 0.3 is 0 Å². The first-order valence-corrected chi connectivity index (χ1v) is 21.6. The first kappa shape index (κ1) is 52.4. The molecular formula is C44H82N8O4. The van der Waals surface area contributed by atoms with Gasteiger partial charge in [0.05, 0.1) is 11.6 Å². The highest BCUT2D eigenvalue weighted by Gasteiger charge is 2.16. The Labute approximate surface area is 341 Å². The molecule has 12 heteroatoms. The van der Waals surface area contributed by atoms with Crippen LogP contribution < -0.4 is 31.9 Å². The summed E-state index contributed by atoms with van der Waals surface area (Å²) in [6.45, 7) is 31.9. The Balaban J connectivity index is 5.38. The number of rotatable bonds is 41. The summed E-state index contributed by atoms with van der Waals surface area (Å²) in [5.74, 6) is 1.88. The van der Waals surface area contributed by atoms with Crippen LogP contribution in [0.5, 0.6) is 0 Å². The zero-order valence-electron chi connectivity index (χ0n) is 36.2. The van der Waals surface area contributed by atoms with Crippen molar-refractivity contribution in [3.63, 3.8) is 0 Å². The van der Waals surface area contributed by atoms with Crippen molar-refractivity contribution in [3.8, 4) is 0 Å². The monoisotopic (exact) mass is 787 g/mol. The van der Waals surface area contributed by atoms with E-state index in [9.17, 15) is 19.2 Å². The van der Waals surface area contributed by atoms with E-state index in [0.29, 0.717) is 104 Å². The summed E-state index contributed by atoms with van der Waals surface area (Å²) in [6.07, 6.45) is 11.6. The number of nitrogens with zero attached hydrogens (tertiary/aromatic N) is 2. The quantitative estimate of drug-likeness (QED) is 0.0338. The first-order chi connectivity index (χ1) is 26.9. The van der Waals surface area contributed by atoms with Crippen molar-refractivity contribution in [1.82, 2.24) is 41.7 Å². The average molecular weight is 787 g/mol. The minimum atomic E-state index is -0.00649. The van der Waals surface area contributed by atoms with Crippen LogP contribution in [0.15, 0.2) is 49.1 Å². The lowest BCUT2D eigenvalue weighted by Gasteiger charge is -2.27. The second-order valence-corrected chi connectivity index (χ2v) is 14.7. The Kier molecular flexibility index (Phi) is 33.4. The van der Waals surface area contributed by atoms with E-state index in [0.717, 1.165) is 88.9 Å². The SMILES string of the molecule is C=C(CCC)CCCNC(=O)CCN(CCC(=O)NCCCC(=C)CCC)CCN(CCC(=O)CCCNC(=C)NCC)CCC(=O)CCCNC(=C)NCC. The van der Waals surface area contributed by atoms with Crippen molar-refractivity contribution in [2.24, 2.45) is 0 Å². The minimum Gasteiger partial charge on any atom is -0.373 e. The number of hydrogen-bond donors (Lipinski definition) is 6. The van der Waals surface area contributed by atoms with Crippen LogP contribution in [0.3, 0.4) is 0 Å². The van der Waals surface area contributed by atoms with Crippen LogP contribution in [0, 0.1) is 0 Å². The number of hydrogen-bond acceptors (Lipinski definition) is 10. The molecule has 0 saturated heterocycles. The molecule has 0 aromatic carbocycles. The third-order valence-corrected chi connectivity index (χ3v) is 9.44. The van der Waals surface area contributed by atoms with Gasteiger partial charge in [-0.2, -0.15) is 0 Å². The molecule has 0 aliphatic heterocycles. The van der Waals surface area contributed by atoms with Gasteiger partial charge in [0.1, 0.15) is 11.6 Å². The van der Waals surface area contributed by atoms with Crippen molar-refractivity contribution in [3.05, 3.63) is 49.1 Å². The minimum absolute atomic E-state index is 0.00649. The van der Waals surface area contributed by atoms with Gasteiger partial charge in [-0.25, -0.2) is 0 Å². The second-order valence-electron chi connectivity index (χ2n) is 14.7. The number of carbonyl (C=O) groups excluding carboxylic acids is 4. The topological polar surface area (TPSA) is 147 Å². The Morgan fingerprint density at radius 2 is 0.732 bits per heavy atom. The van der Waals surface area contributed by atoms with Gasteiger partial charge in [0.15, 0.2) is 0 Å². The van der Waals surface area contributed by atoms with E-state index < -0.39 is 0 Å². The Bertz CT molecular complexity index is 986. The fourth-order valence-corrected chi connectivity index (χ4v) is 6.16. The van der Waals surface area contributed by atoms with Gasteiger partial charge in [-0.15, -0.1) is 0 Å². The Morgan fingerprint density at radius 3 is 1.09 bits per heavy atom. The molecule has 0 bridgehead atoms.